The van der Waals surface area contributed by atoms with Crippen LogP contribution in [0.25, 0.3) is 0 Å². The topological polar surface area (TPSA) is 79.9 Å². The zero-order valence-electron chi connectivity index (χ0n) is 12.9. The van der Waals surface area contributed by atoms with Gasteiger partial charge in [-0.3, -0.25) is 0 Å². The predicted octanol–water partition coefficient (Wildman–Crippen LogP) is -0.300. The van der Waals surface area contributed by atoms with E-state index in [0.29, 0.717) is 32.7 Å². The van der Waals surface area contributed by atoms with E-state index in [1.54, 1.807) is 11.4 Å². The van der Waals surface area contributed by atoms with Gasteiger partial charge in [-0.15, -0.1) is 0 Å². The third kappa shape index (κ3) is 4.14. The Hall–Kier alpha value is -0.250. The molecule has 2 aliphatic rings. The van der Waals surface area contributed by atoms with Crippen molar-refractivity contribution in [1.82, 2.24) is 14.3 Å². The molecule has 2 unspecified atom stereocenters. The fraction of sp³-hybridized carbons (Fsp3) is 1.00. The van der Waals surface area contributed by atoms with Gasteiger partial charge in [0.15, 0.2) is 0 Å². The number of nitrogens with one attached hydrogen (secondary N) is 2. The minimum Gasteiger partial charge on any atom is -0.378 e. The van der Waals surface area contributed by atoms with Crippen LogP contribution >= 0.6 is 0 Å². The Morgan fingerprint density at radius 2 is 2.24 bits per heavy atom. The van der Waals surface area contributed by atoms with Crippen molar-refractivity contribution in [2.75, 3.05) is 47.0 Å². The predicted molar refractivity (Wildman–Crippen MR) is 80.4 cm³/mol. The highest BCUT2D eigenvalue weighted by molar-refractivity contribution is 7.87. The van der Waals surface area contributed by atoms with Gasteiger partial charge < -0.3 is 14.8 Å². The van der Waals surface area contributed by atoms with Gasteiger partial charge in [0, 0.05) is 45.8 Å². The maximum Gasteiger partial charge on any atom is 0.279 e. The standard InChI is InChI=1S/C13H27N3O4S/c1-14-9-12-5-3-4-7-16(12)21(17,18)15-10-13(19-2)6-8-20-11-13/h12,14-15H,3-11H2,1-2H3. The number of piperidine rings is 1. The Balaban J connectivity index is 1.99. The van der Waals surface area contributed by atoms with Crippen molar-refractivity contribution in [3.8, 4) is 0 Å². The van der Waals surface area contributed by atoms with Crippen molar-refractivity contribution in [3.63, 3.8) is 0 Å². The van der Waals surface area contributed by atoms with E-state index in [0.717, 1.165) is 19.3 Å². The highest BCUT2D eigenvalue weighted by atomic mass is 32.2. The van der Waals surface area contributed by atoms with E-state index in [1.165, 1.54) is 0 Å². The van der Waals surface area contributed by atoms with E-state index in [9.17, 15) is 8.42 Å². The third-order valence-corrected chi connectivity index (χ3v) is 6.01. The van der Waals surface area contributed by atoms with E-state index >= 15 is 0 Å². The molecule has 2 rings (SSSR count). The summed E-state index contributed by atoms with van der Waals surface area (Å²) in [7, 11) is -0.0280. The molecule has 0 aliphatic carbocycles. The molecule has 2 fully saturated rings. The highest BCUT2D eigenvalue weighted by Gasteiger charge is 2.38. The molecule has 8 heteroatoms. The maximum atomic E-state index is 12.6. The summed E-state index contributed by atoms with van der Waals surface area (Å²) in [5.74, 6) is 0. The first-order chi connectivity index (χ1) is 10.0. The summed E-state index contributed by atoms with van der Waals surface area (Å²) in [5.41, 5.74) is -0.526. The first kappa shape index (κ1) is 17.1. The molecular weight excluding hydrogens is 294 g/mol. The van der Waals surface area contributed by atoms with Crippen LogP contribution < -0.4 is 10.0 Å². The van der Waals surface area contributed by atoms with Crippen LogP contribution in [0, 0.1) is 0 Å². The van der Waals surface area contributed by atoms with Crippen LogP contribution in [0.3, 0.4) is 0 Å². The summed E-state index contributed by atoms with van der Waals surface area (Å²) >= 11 is 0. The van der Waals surface area contributed by atoms with Crippen molar-refractivity contribution in [1.29, 1.82) is 0 Å². The second-order valence-corrected chi connectivity index (χ2v) is 7.54. The SMILES string of the molecule is CNCC1CCCCN1S(=O)(=O)NCC1(OC)CCOC1. The Labute approximate surface area is 127 Å². The van der Waals surface area contributed by atoms with Crippen LogP contribution in [0.2, 0.25) is 0 Å². The number of nitrogens with zero attached hydrogens (tertiary/aromatic N) is 1. The number of hydrogen-bond donors (Lipinski definition) is 2. The van der Waals surface area contributed by atoms with Gasteiger partial charge in [0.2, 0.25) is 0 Å². The number of rotatable bonds is 7. The number of hydrogen-bond acceptors (Lipinski definition) is 5. The number of methoxy groups -OCH3 is 1. The summed E-state index contributed by atoms with van der Waals surface area (Å²) in [6.45, 7) is 2.57. The summed E-state index contributed by atoms with van der Waals surface area (Å²) in [5, 5.41) is 3.08. The molecule has 0 bridgehead atoms. The smallest absolute Gasteiger partial charge is 0.279 e. The van der Waals surface area contributed by atoms with E-state index < -0.39 is 15.8 Å². The van der Waals surface area contributed by atoms with Crippen LogP contribution in [0.5, 0.6) is 0 Å². The lowest BCUT2D eigenvalue weighted by Gasteiger charge is -2.35. The van der Waals surface area contributed by atoms with Gasteiger partial charge >= 0.3 is 0 Å². The average molecular weight is 321 g/mol. The fourth-order valence-corrected chi connectivity index (χ4v) is 4.55. The Bertz CT molecular complexity index is 421. The fourth-order valence-electron chi connectivity index (χ4n) is 3.00. The van der Waals surface area contributed by atoms with Crippen LogP contribution in [-0.4, -0.2) is 71.4 Å². The summed E-state index contributed by atoms with van der Waals surface area (Å²) in [4.78, 5) is 0. The molecule has 0 aromatic heterocycles. The van der Waals surface area contributed by atoms with Crippen LogP contribution in [0.4, 0.5) is 0 Å². The number of likely N-dealkylation sites (N-methyl/N-ethyl adjacent to an activating group) is 1. The largest absolute Gasteiger partial charge is 0.378 e. The normalized spacial score (nSPS) is 31.6. The van der Waals surface area contributed by atoms with Gasteiger partial charge in [0.05, 0.1) is 6.61 Å². The molecule has 0 aromatic rings. The molecule has 0 spiro atoms. The van der Waals surface area contributed by atoms with E-state index in [1.807, 2.05) is 7.05 Å². The second-order valence-electron chi connectivity index (χ2n) is 5.83. The van der Waals surface area contributed by atoms with E-state index in [-0.39, 0.29) is 12.6 Å². The van der Waals surface area contributed by atoms with Crippen molar-refractivity contribution < 1.29 is 17.9 Å². The Morgan fingerprint density at radius 1 is 1.43 bits per heavy atom. The van der Waals surface area contributed by atoms with Crippen molar-refractivity contribution >= 4 is 10.2 Å². The Kier molecular flexibility index (Phi) is 5.98. The van der Waals surface area contributed by atoms with Crippen LogP contribution in [0.15, 0.2) is 0 Å². The van der Waals surface area contributed by atoms with Crippen molar-refractivity contribution in [3.05, 3.63) is 0 Å². The molecule has 124 valence electrons. The van der Waals surface area contributed by atoms with Gasteiger partial charge in [0.25, 0.3) is 10.2 Å². The molecule has 7 nitrogen and oxygen atoms in total. The molecule has 0 amide bonds. The monoisotopic (exact) mass is 321 g/mol. The maximum absolute atomic E-state index is 12.6. The van der Waals surface area contributed by atoms with Gasteiger partial charge in [-0.25, -0.2) is 0 Å². The molecule has 2 saturated heterocycles. The molecular formula is C13H27N3O4S. The molecule has 2 aliphatic heterocycles. The van der Waals surface area contributed by atoms with Crippen LogP contribution in [0.1, 0.15) is 25.7 Å². The summed E-state index contributed by atoms with van der Waals surface area (Å²) in [6.07, 6.45) is 3.61. The molecule has 2 heterocycles. The molecule has 2 N–H and O–H groups in total. The van der Waals surface area contributed by atoms with Crippen LogP contribution in [-0.2, 0) is 19.7 Å². The zero-order valence-corrected chi connectivity index (χ0v) is 13.7. The van der Waals surface area contributed by atoms with Gasteiger partial charge in [-0.1, -0.05) is 6.42 Å². The Morgan fingerprint density at radius 3 is 2.86 bits per heavy atom. The minimum absolute atomic E-state index is 0.0274. The van der Waals surface area contributed by atoms with E-state index in [2.05, 4.69) is 10.0 Å². The molecule has 0 saturated carbocycles. The van der Waals surface area contributed by atoms with Gasteiger partial charge in [-0.05, 0) is 19.9 Å². The summed E-state index contributed by atoms with van der Waals surface area (Å²) in [6, 6.07) is 0.0274. The molecule has 2 atom stereocenters. The van der Waals surface area contributed by atoms with Gasteiger partial charge in [0.1, 0.15) is 5.60 Å². The molecule has 0 radical (unpaired) electrons. The minimum atomic E-state index is -3.48. The third-order valence-electron chi connectivity index (χ3n) is 4.40. The summed E-state index contributed by atoms with van der Waals surface area (Å²) < 4.78 is 40.3. The second kappa shape index (κ2) is 7.34. The molecule has 21 heavy (non-hydrogen) atoms. The lowest BCUT2D eigenvalue weighted by molar-refractivity contribution is -0.0124. The lowest BCUT2D eigenvalue weighted by Crippen LogP contribution is -2.55. The van der Waals surface area contributed by atoms with Crippen molar-refractivity contribution in [2.45, 2.75) is 37.3 Å². The first-order valence-electron chi connectivity index (χ1n) is 7.57. The quantitative estimate of drug-likeness (QED) is 0.673. The zero-order chi connectivity index (χ0) is 15.3. The van der Waals surface area contributed by atoms with Gasteiger partial charge in [-0.2, -0.15) is 17.4 Å². The first-order valence-corrected chi connectivity index (χ1v) is 9.01. The highest BCUT2D eigenvalue weighted by Crippen LogP contribution is 2.23. The molecule has 0 aromatic carbocycles. The number of ether oxygens (including phenoxy) is 2. The van der Waals surface area contributed by atoms with E-state index in [4.69, 9.17) is 9.47 Å². The average Bonchev–Trinajstić information content (AvgIpc) is 2.96. The van der Waals surface area contributed by atoms with Crippen molar-refractivity contribution in [2.24, 2.45) is 0 Å². The lowest BCUT2D eigenvalue weighted by atomic mass is 10.0.